The summed E-state index contributed by atoms with van der Waals surface area (Å²) < 4.78 is 0. The maximum absolute atomic E-state index is 5.64. The summed E-state index contributed by atoms with van der Waals surface area (Å²) in [5.74, 6) is 5.64. The predicted molar refractivity (Wildman–Crippen MR) is 75.9 cm³/mol. The molecule has 0 bridgehead atoms. The first-order chi connectivity index (χ1) is 8.70. The van der Waals surface area contributed by atoms with Crippen LogP contribution in [-0.4, -0.2) is 4.98 Å². The molecule has 0 spiro atoms. The van der Waals surface area contributed by atoms with E-state index in [1.54, 1.807) is 0 Å². The summed E-state index contributed by atoms with van der Waals surface area (Å²) in [7, 11) is 0. The number of hydrazine groups is 1. The van der Waals surface area contributed by atoms with E-state index >= 15 is 0 Å². The molecule has 0 aliphatic heterocycles. The van der Waals surface area contributed by atoms with Gasteiger partial charge in [0.2, 0.25) is 0 Å². The summed E-state index contributed by atoms with van der Waals surface area (Å²) in [5, 5.41) is 1.14. The highest BCUT2D eigenvalue weighted by Crippen LogP contribution is 2.23. The first kappa shape index (κ1) is 12.7. The van der Waals surface area contributed by atoms with Crippen molar-refractivity contribution in [3.05, 3.63) is 54.2 Å². The van der Waals surface area contributed by atoms with E-state index < -0.39 is 0 Å². The van der Waals surface area contributed by atoms with Gasteiger partial charge in [0.1, 0.15) is 0 Å². The van der Waals surface area contributed by atoms with Crippen molar-refractivity contribution in [2.75, 3.05) is 0 Å². The first-order valence-corrected chi connectivity index (χ1v) is 6.16. The molecule has 18 heavy (non-hydrogen) atoms. The number of pyridine rings is 1. The van der Waals surface area contributed by atoms with Gasteiger partial charge in [-0.1, -0.05) is 17.7 Å². The molecule has 1 unspecified atom stereocenters. The number of aromatic nitrogens is 1. The molecule has 3 nitrogen and oxygen atoms in total. The standard InChI is InChI=1S/C15H19N3/c1-11(2)5-7-15(18-16)13-6-8-14-12(10-13)4-3-9-17-14/h3-4,6,8-10,15,18H,1,5,7,16H2,2H3. The molecule has 94 valence electrons. The van der Waals surface area contributed by atoms with E-state index in [4.69, 9.17) is 5.84 Å². The Morgan fingerprint density at radius 1 is 1.44 bits per heavy atom. The van der Waals surface area contributed by atoms with Crippen LogP contribution in [0.3, 0.4) is 0 Å². The summed E-state index contributed by atoms with van der Waals surface area (Å²) in [4.78, 5) is 4.32. The molecule has 1 heterocycles. The third kappa shape index (κ3) is 2.94. The summed E-state index contributed by atoms with van der Waals surface area (Å²) in [6, 6.07) is 10.4. The first-order valence-electron chi connectivity index (χ1n) is 6.16. The molecular formula is C15H19N3. The normalized spacial score (nSPS) is 12.6. The van der Waals surface area contributed by atoms with Gasteiger partial charge in [0.05, 0.1) is 5.52 Å². The van der Waals surface area contributed by atoms with Crippen LogP contribution < -0.4 is 11.3 Å². The Balaban J connectivity index is 2.24. The topological polar surface area (TPSA) is 50.9 Å². The number of nitrogens with two attached hydrogens (primary N) is 1. The lowest BCUT2D eigenvalue weighted by atomic mass is 9.99. The van der Waals surface area contributed by atoms with Gasteiger partial charge in [0.25, 0.3) is 0 Å². The molecule has 1 aromatic carbocycles. The fourth-order valence-corrected chi connectivity index (χ4v) is 2.05. The molecule has 0 radical (unpaired) electrons. The molecule has 0 saturated heterocycles. The van der Waals surface area contributed by atoms with Crippen LogP contribution in [0.25, 0.3) is 10.9 Å². The van der Waals surface area contributed by atoms with Crippen LogP contribution >= 0.6 is 0 Å². The highest BCUT2D eigenvalue weighted by molar-refractivity contribution is 5.79. The van der Waals surface area contributed by atoms with Gasteiger partial charge in [-0.3, -0.25) is 16.3 Å². The molecule has 0 amide bonds. The molecule has 0 fully saturated rings. The molecule has 1 aromatic heterocycles. The van der Waals surface area contributed by atoms with Crippen LogP contribution in [0.5, 0.6) is 0 Å². The van der Waals surface area contributed by atoms with E-state index in [0.717, 1.165) is 23.7 Å². The van der Waals surface area contributed by atoms with Crippen LogP contribution in [0.1, 0.15) is 31.4 Å². The van der Waals surface area contributed by atoms with Gasteiger partial charge in [-0.15, -0.1) is 6.58 Å². The van der Waals surface area contributed by atoms with Crippen molar-refractivity contribution in [1.29, 1.82) is 0 Å². The largest absolute Gasteiger partial charge is 0.271 e. The van der Waals surface area contributed by atoms with Crippen molar-refractivity contribution in [2.24, 2.45) is 5.84 Å². The second kappa shape index (κ2) is 5.76. The average Bonchev–Trinajstić information content (AvgIpc) is 2.39. The molecule has 1 atom stereocenters. The highest BCUT2D eigenvalue weighted by atomic mass is 15.2. The molecule has 0 aliphatic carbocycles. The maximum atomic E-state index is 5.64. The van der Waals surface area contributed by atoms with Gasteiger partial charge in [0.15, 0.2) is 0 Å². The summed E-state index contributed by atoms with van der Waals surface area (Å²) >= 11 is 0. The van der Waals surface area contributed by atoms with Gasteiger partial charge in [0, 0.05) is 17.6 Å². The lowest BCUT2D eigenvalue weighted by molar-refractivity contribution is 0.516. The van der Waals surface area contributed by atoms with Gasteiger partial charge < -0.3 is 0 Å². The van der Waals surface area contributed by atoms with Gasteiger partial charge in [-0.05, 0) is 43.5 Å². The Hall–Kier alpha value is -1.71. The van der Waals surface area contributed by atoms with Crippen molar-refractivity contribution >= 4 is 10.9 Å². The SMILES string of the molecule is C=C(C)CCC(NN)c1ccc2ncccc2c1. The van der Waals surface area contributed by atoms with E-state index in [-0.39, 0.29) is 6.04 Å². The molecule has 0 saturated carbocycles. The van der Waals surface area contributed by atoms with E-state index in [0.29, 0.717) is 0 Å². The molecule has 2 aromatic rings. The zero-order valence-electron chi connectivity index (χ0n) is 10.7. The monoisotopic (exact) mass is 241 g/mol. The predicted octanol–water partition coefficient (Wildman–Crippen LogP) is 3.10. The summed E-state index contributed by atoms with van der Waals surface area (Å²) in [5.41, 5.74) is 6.26. The molecule has 0 aliphatic rings. The van der Waals surface area contributed by atoms with Gasteiger partial charge in [-0.25, -0.2) is 0 Å². The number of hydrogen-bond acceptors (Lipinski definition) is 3. The lowest BCUT2D eigenvalue weighted by Gasteiger charge is -2.16. The lowest BCUT2D eigenvalue weighted by Crippen LogP contribution is -2.28. The number of fused-ring (bicyclic) bond motifs is 1. The van der Waals surface area contributed by atoms with E-state index in [2.05, 4.69) is 35.2 Å². The fourth-order valence-electron chi connectivity index (χ4n) is 2.05. The minimum absolute atomic E-state index is 0.159. The Bertz CT molecular complexity index is 548. The number of rotatable bonds is 5. The minimum atomic E-state index is 0.159. The van der Waals surface area contributed by atoms with Crippen molar-refractivity contribution in [2.45, 2.75) is 25.8 Å². The van der Waals surface area contributed by atoms with Crippen molar-refractivity contribution < 1.29 is 0 Å². The molecule has 3 heteroatoms. The van der Waals surface area contributed by atoms with Crippen molar-refractivity contribution in [3.8, 4) is 0 Å². The quantitative estimate of drug-likeness (QED) is 0.480. The molecular weight excluding hydrogens is 222 g/mol. The zero-order chi connectivity index (χ0) is 13.0. The van der Waals surface area contributed by atoms with Crippen molar-refractivity contribution in [1.82, 2.24) is 10.4 Å². The van der Waals surface area contributed by atoms with Crippen molar-refractivity contribution in [3.63, 3.8) is 0 Å². The van der Waals surface area contributed by atoms with E-state index in [1.807, 2.05) is 25.3 Å². The number of nitrogens with zero attached hydrogens (tertiary/aromatic N) is 1. The van der Waals surface area contributed by atoms with Crippen LogP contribution in [0.4, 0.5) is 0 Å². The fraction of sp³-hybridized carbons (Fsp3) is 0.267. The smallest absolute Gasteiger partial charge is 0.0702 e. The van der Waals surface area contributed by atoms with Gasteiger partial charge >= 0.3 is 0 Å². The number of benzene rings is 1. The Morgan fingerprint density at radius 2 is 2.28 bits per heavy atom. The minimum Gasteiger partial charge on any atom is -0.271 e. The number of hydrogen-bond donors (Lipinski definition) is 2. The second-order valence-corrected chi connectivity index (χ2v) is 4.67. The Kier molecular flexibility index (Phi) is 4.07. The zero-order valence-corrected chi connectivity index (χ0v) is 10.7. The number of nitrogens with one attached hydrogen (secondary N) is 1. The molecule has 3 N–H and O–H groups in total. The second-order valence-electron chi connectivity index (χ2n) is 4.67. The van der Waals surface area contributed by atoms with Crippen LogP contribution in [-0.2, 0) is 0 Å². The van der Waals surface area contributed by atoms with Gasteiger partial charge in [-0.2, -0.15) is 0 Å². The Morgan fingerprint density at radius 3 is 3.00 bits per heavy atom. The summed E-state index contributed by atoms with van der Waals surface area (Å²) in [6.07, 6.45) is 3.74. The molecule has 2 rings (SSSR count). The maximum Gasteiger partial charge on any atom is 0.0702 e. The van der Waals surface area contributed by atoms with E-state index in [9.17, 15) is 0 Å². The van der Waals surface area contributed by atoms with Crippen LogP contribution in [0.2, 0.25) is 0 Å². The highest BCUT2D eigenvalue weighted by Gasteiger charge is 2.10. The summed E-state index contributed by atoms with van der Waals surface area (Å²) in [6.45, 7) is 5.97. The Labute approximate surface area is 108 Å². The number of allylic oxidation sites excluding steroid dienone is 1. The third-order valence-electron chi connectivity index (χ3n) is 3.09. The third-order valence-corrected chi connectivity index (χ3v) is 3.09. The average molecular weight is 241 g/mol. The van der Waals surface area contributed by atoms with Crippen LogP contribution in [0.15, 0.2) is 48.7 Å². The van der Waals surface area contributed by atoms with Crippen LogP contribution in [0, 0.1) is 0 Å². The van der Waals surface area contributed by atoms with E-state index in [1.165, 1.54) is 11.1 Å².